The normalized spacial score (nSPS) is 11.4. The summed E-state index contributed by atoms with van der Waals surface area (Å²) in [4.78, 5) is 30.9. The molecule has 2 aromatic heterocycles. The van der Waals surface area contributed by atoms with Gasteiger partial charge in [-0.15, -0.1) is 0 Å². The second-order valence-corrected chi connectivity index (χ2v) is 5.99. The van der Waals surface area contributed by atoms with Gasteiger partial charge in [0.25, 0.3) is 11.5 Å². The molecule has 0 aliphatic heterocycles. The van der Waals surface area contributed by atoms with E-state index in [0.717, 1.165) is 17.6 Å². The van der Waals surface area contributed by atoms with E-state index in [4.69, 9.17) is 0 Å². The van der Waals surface area contributed by atoms with Crippen LogP contribution in [0.4, 0.5) is 0 Å². The highest BCUT2D eigenvalue weighted by molar-refractivity contribution is 5.91. The Labute approximate surface area is 122 Å². The van der Waals surface area contributed by atoms with Gasteiger partial charge in [0.05, 0.1) is 24.1 Å². The maximum Gasteiger partial charge on any atom is 0.274 e. The van der Waals surface area contributed by atoms with Gasteiger partial charge in [0.1, 0.15) is 5.69 Å². The Bertz CT molecular complexity index is 675. The van der Waals surface area contributed by atoms with Crippen molar-refractivity contribution < 1.29 is 4.79 Å². The van der Waals surface area contributed by atoms with Crippen LogP contribution in [-0.4, -0.2) is 38.0 Å². The van der Waals surface area contributed by atoms with E-state index in [9.17, 15) is 9.59 Å². The molecule has 0 aliphatic rings. The number of carbonyl (C=O) groups is 1. The largest absolute Gasteiger partial charge is 0.334 e. The fraction of sp³-hybridized carbons (Fsp3) is 0.429. The zero-order chi connectivity index (χ0) is 15.6. The van der Waals surface area contributed by atoms with Crippen molar-refractivity contribution in [3.8, 4) is 0 Å². The summed E-state index contributed by atoms with van der Waals surface area (Å²) in [5.74, 6) is -0.266. The van der Waals surface area contributed by atoms with Crippen LogP contribution >= 0.6 is 0 Å². The van der Waals surface area contributed by atoms with E-state index in [1.807, 2.05) is 6.07 Å². The summed E-state index contributed by atoms with van der Waals surface area (Å²) in [5.41, 5.74) is 1.61. The summed E-state index contributed by atoms with van der Waals surface area (Å²) in [6, 6.07) is 1.95. The second-order valence-electron chi connectivity index (χ2n) is 5.99. The Balaban J connectivity index is 2.09. The van der Waals surface area contributed by atoms with Crippen LogP contribution in [0.1, 0.15) is 42.6 Å². The monoisotopic (exact) mass is 289 g/mol. The maximum absolute atomic E-state index is 12.2. The molecule has 0 aliphatic carbocycles. The SMILES string of the molecule is CN(Cc1cc(C(C)(C)C)n[nH]1)C(=O)c1c[nH]c(=O)cn1. The van der Waals surface area contributed by atoms with Crippen molar-refractivity contribution in [2.75, 3.05) is 7.05 Å². The van der Waals surface area contributed by atoms with Crippen molar-refractivity contribution in [2.45, 2.75) is 32.7 Å². The molecule has 2 rings (SSSR count). The third kappa shape index (κ3) is 3.56. The molecule has 2 aromatic rings. The maximum atomic E-state index is 12.2. The quantitative estimate of drug-likeness (QED) is 0.883. The third-order valence-corrected chi connectivity index (χ3v) is 3.04. The predicted molar refractivity (Wildman–Crippen MR) is 77.9 cm³/mol. The first kappa shape index (κ1) is 15.0. The first-order valence-corrected chi connectivity index (χ1v) is 6.62. The highest BCUT2D eigenvalue weighted by Gasteiger charge is 2.19. The highest BCUT2D eigenvalue weighted by Crippen LogP contribution is 2.20. The predicted octanol–water partition coefficient (Wildman–Crippen LogP) is 1.06. The lowest BCUT2D eigenvalue weighted by molar-refractivity contribution is 0.0777. The molecule has 0 unspecified atom stereocenters. The van der Waals surface area contributed by atoms with Crippen LogP contribution in [0.3, 0.4) is 0 Å². The molecule has 21 heavy (non-hydrogen) atoms. The molecule has 0 atom stereocenters. The lowest BCUT2D eigenvalue weighted by Crippen LogP contribution is -2.28. The summed E-state index contributed by atoms with van der Waals surface area (Å²) >= 11 is 0. The minimum absolute atomic E-state index is 0.0438. The topological polar surface area (TPSA) is 94.7 Å². The average Bonchev–Trinajstić information content (AvgIpc) is 2.87. The van der Waals surface area contributed by atoms with Crippen LogP contribution in [0.5, 0.6) is 0 Å². The first-order chi connectivity index (χ1) is 9.77. The fourth-order valence-corrected chi connectivity index (χ4v) is 1.81. The van der Waals surface area contributed by atoms with Crippen molar-refractivity contribution in [3.63, 3.8) is 0 Å². The van der Waals surface area contributed by atoms with E-state index in [1.165, 1.54) is 11.1 Å². The van der Waals surface area contributed by atoms with Crippen LogP contribution in [0.2, 0.25) is 0 Å². The Hall–Kier alpha value is -2.44. The van der Waals surface area contributed by atoms with Crippen molar-refractivity contribution >= 4 is 5.91 Å². The zero-order valence-corrected chi connectivity index (χ0v) is 12.6. The molecule has 7 nitrogen and oxygen atoms in total. The fourth-order valence-electron chi connectivity index (χ4n) is 1.81. The van der Waals surface area contributed by atoms with Crippen LogP contribution < -0.4 is 5.56 Å². The van der Waals surface area contributed by atoms with Gasteiger partial charge >= 0.3 is 0 Å². The van der Waals surface area contributed by atoms with Gasteiger partial charge in [0.2, 0.25) is 0 Å². The number of H-pyrrole nitrogens is 2. The molecule has 0 aromatic carbocycles. The molecular formula is C14H19N5O2. The molecule has 0 bridgehead atoms. The van der Waals surface area contributed by atoms with Crippen LogP contribution in [0.15, 0.2) is 23.3 Å². The average molecular weight is 289 g/mol. The number of amides is 1. The summed E-state index contributed by atoms with van der Waals surface area (Å²) in [7, 11) is 1.67. The molecule has 0 radical (unpaired) electrons. The molecule has 0 spiro atoms. The lowest BCUT2D eigenvalue weighted by atomic mass is 9.92. The first-order valence-electron chi connectivity index (χ1n) is 6.62. The van der Waals surface area contributed by atoms with E-state index in [2.05, 4.69) is 40.9 Å². The second kappa shape index (κ2) is 5.51. The van der Waals surface area contributed by atoms with Gasteiger partial charge in [-0.25, -0.2) is 4.98 Å². The number of rotatable bonds is 3. The van der Waals surface area contributed by atoms with Crippen LogP contribution in [-0.2, 0) is 12.0 Å². The smallest absolute Gasteiger partial charge is 0.274 e. The Morgan fingerprint density at radius 2 is 2.10 bits per heavy atom. The number of aromatic amines is 2. The molecule has 2 heterocycles. The van der Waals surface area contributed by atoms with E-state index in [-0.39, 0.29) is 22.6 Å². The Kier molecular flexibility index (Phi) is 3.93. The standard InChI is InChI=1S/C14H19N5O2/c1-14(2,3)11-5-9(17-18-11)8-19(4)13(21)10-6-16-12(20)7-15-10/h5-7H,8H2,1-4H3,(H,16,20)(H,17,18). The third-order valence-electron chi connectivity index (χ3n) is 3.04. The van der Waals surface area contributed by atoms with Gasteiger partial charge in [-0.2, -0.15) is 5.10 Å². The van der Waals surface area contributed by atoms with Crippen LogP contribution in [0, 0.1) is 0 Å². The molecule has 0 saturated heterocycles. The van der Waals surface area contributed by atoms with Gasteiger partial charge in [-0.3, -0.25) is 14.7 Å². The molecule has 0 saturated carbocycles. The number of nitrogens with zero attached hydrogens (tertiary/aromatic N) is 3. The number of aromatic nitrogens is 4. The van der Waals surface area contributed by atoms with Gasteiger partial charge in [-0.05, 0) is 6.07 Å². The molecular weight excluding hydrogens is 270 g/mol. The lowest BCUT2D eigenvalue weighted by Gasteiger charge is -2.15. The van der Waals surface area contributed by atoms with Crippen molar-refractivity contribution in [3.05, 3.63) is 45.9 Å². The summed E-state index contributed by atoms with van der Waals surface area (Å²) in [6.07, 6.45) is 2.41. The molecule has 1 amide bonds. The highest BCUT2D eigenvalue weighted by atomic mass is 16.2. The van der Waals surface area contributed by atoms with E-state index in [0.29, 0.717) is 6.54 Å². The van der Waals surface area contributed by atoms with Gasteiger partial charge in [0.15, 0.2) is 0 Å². The molecule has 0 fully saturated rings. The molecule has 7 heteroatoms. The number of hydrogen-bond acceptors (Lipinski definition) is 4. The van der Waals surface area contributed by atoms with Crippen molar-refractivity contribution in [2.24, 2.45) is 0 Å². The summed E-state index contributed by atoms with van der Waals surface area (Å²) in [5, 5.41) is 7.19. The van der Waals surface area contributed by atoms with E-state index >= 15 is 0 Å². The number of hydrogen-bond donors (Lipinski definition) is 2. The molecule has 2 N–H and O–H groups in total. The van der Waals surface area contributed by atoms with Crippen molar-refractivity contribution in [1.82, 2.24) is 25.1 Å². The van der Waals surface area contributed by atoms with Gasteiger partial charge in [0, 0.05) is 18.7 Å². The van der Waals surface area contributed by atoms with Gasteiger partial charge in [-0.1, -0.05) is 20.8 Å². The Morgan fingerprint density at radius 1 is 1.38 bits per heavy atom. The summed E-state index contributed by atoms with van der Waals surface area (Å²) < 4.78 is 0. The Morgan fingerprint density at radius 3 is 2.62 bits per heavy atom. The molecule has 112 valence electrons. The number of nitrogens with one attached hydrogen (secondary N) is 2. The van der Waals surface area contributed by atoms with E-state index < -0.39 is 0 Å². The number of carbonyl (C=O) groups excluding carboxylic acids is 1. The minimum atomic E-state index is -0.336. The summed E-state index contributed by atoms with van der Waals surface area (Å²) in [6.45, 7) is 6.62. The van der Waals surface area contributed by atoms with E-state index in [1.54, 1.807) is 7.05 Å². The van der Waals surface area contributed by atoms with Crippen LogP contribution in [0.25, 0.3) is 0 Å². The van der Waals surface area contributed by atoms with Gasteiger partial charge < -0.3 is 9.88 Å². The van der Waals surface area contributed by atoms with Crippen molar-refractivity contribution in [1.29, 1.82) is 0 Å². The minimum Gasteiger partial charge on any atom is -0.334 e. The zero-order valence-electron chi connectivity index (χ0n) is 12.6.